The predicted molar refractivity (Wildman–Crippen MR) is 63.8 cm³/mol. The monoisotopic (exact) mass is 217 g/mol. The molecule has 1 saturated heterocycles. The van der Waals surface area contributed by atoms with E-state index in [9.17, 15) is 5.11 Å². The minimum Gasteiger partial charge on any atom is -0.389 e. The van der Waals surface area contributed by atoms with Gasteiger partial charge in [0.2, 0.25) is 0 Å². The van der Waals surface area contributed by atoms with Gasteiger partial charge in [0.05, 0.1) is 5.60 Å². The van der Waals surface area contributed by atoms with E-state index in [1.807, 2.05) is 6.92 Å². The van der Waals surface area contributed by atoms with Gasteiger partial charge in [-0.25, -0.2) is 0 Å². The molecule has 1 aliphatic heterocycles. The first-order valence-electron chi connectivity index (χ1n) is 5.57. The van der Waals surface area contributed by atoms with Crippen LogP contribution in [-0.4, -0.2) is 34.8 Å². The van der Waals surface area contributed by atoms with Gasteiger partial charge in [-0.2, -0.15) is 11.8 Å². The third kappa shape index (κ3) is 3.79. The molecular weight excluding hydrogens is 194 g/mol. The highest BCUT2D eigenvalue weighted by molar-refractivity contribution is 8.00. The zero-order valence-electron chi connectivity index (χ0n) is 9.55. The lowest BCUT2D eigenvalue weighted by Crippen LogP contribution is -2.43. The third-order valence-electron chi connectivity index (χ3n) is 3.12. The summed E-state index contributed by atoms with van der Waals surface area (Å²) in [6, 6.07) is 0. The van der Waals surface area contributed by atoms with Crippen LogP contribution in [0.2, 0.25) is 0 Å². The fourth-order valence-corrected chi connectivity index (χ4v) is 2.73. The highest BCUT2D eigenvalue weighted by Crippen LogP contribution is 2.25. The molecule has 1 fully saturated rings. The molecule has 0 aromatic carbocycles. The van der Waals surface area contributed by atoms with E-state index >= 15 is 0 Å². The average Bonchev–Trinajstić information content (AvgIpc) is 2.56. The van der Waals surface area contributed by atoms with E-state index in [4.69, 9.17) is 0 Å². The molecule has 0 amide bonds. The van der Waals surface area contributed by atoms with Crippen LogP contribution < -0.4 is 5.32 Å². The van der Waals surface area contributed by atoms with Crippen molar-refractivity contribution in [2.75, 3.05) is 18.8 Å². The van der Waals surface area contributed by atoms with Gasteiger partial charge >= 0.3 is 0 Å². The number of hydrogen-bond donors (Lipinski definition) is 2. The van der Waals surface area contributed by atoms with Gasteiger partial charge in [0.1, 0.15) is 0 Å². The van der Waals surface area contributed by atoms with Crippen LogP contribution in [0.15, 0.2) is 0 Å². The normalized spacial score (nSPS) is 26.8. The van der Waals surface area contributed by atoms with E-state index < -0.39 is 5.60 Å². The summed E-state index contributed by atoms with van der Waals surface area (Å²) in [5.74, 6) is 1.62. The van der Waals surface area contributed by atoms with Crippen molar-refractivity contribution in [2.24, 2.45) is 5.92 Å². The second-order valence-electron chi connectivity index (χ2n) is 4.78. The molecule has 0 spiro atoms. The van der Waals surface area contributed by atoms with Gasteiger partial charge in [0.15, 0.2) is 0 Å². The molecule has 0 aromatic heterocycles. The SMILES string of the molecule is CC(C)C(C)(O)CNCC1CCCS1. The predicted octanol–water partition coefficient (Wildman–Crippen LogP) is 1.88. The van der Waals surface area contributed by atoms with Gasteiger partial charge in [-0.15, -0.1) is 0 Å². The smallest absolute Gasteiger partial charge is 0.0766 e. The number of hydrogen-bond acceptors (Lipinski definition) is 3. The maximum absolute atomic E-state index is 10.00. The maximum atomic E-state index is 10.00. The topological polar surface area (TPSA) is 32.3 Å². The molecule has 0 radical (unpaired) electrons. The Balaban J connectivity index is 2.13. The number of rotatable bonds is 5. The Morgan fingerprint density at radius 3 is 2.79 bits per heavy atom. The van der Waals surface area contributed by atoms with Crippen molar-refractivity contribution in [3.63, 3.8) is 0 Å². The van der Waals surface area contributed by atoms with Gasteiger partial charge in [-0.3, -0.25) is 0 Å². The number of nitrogens with one attached hydrogen (secondary N) is 1. The van der Waals surface area contributed by atoms with E-state index in [0.29, 0.717) is 12.5 Å². The third-order valence-corrected chi connectivity index (χ3v) is 4.52. The Bertz CT molecular complexity index is 165. The Kier molecular flexibility index (Phi) is 4.74. The zero-order chi connectivity index (χ0) is 10.6. The zero-order valence-corrected chi connectivity index (χ0v) is 10.4. The van der Waals surface area contributed by atoms with Gasteiger partial charge < -0.3 is 10.4 Å². The van der Waals surface area contributed by atoms with Crippen LogP contribution in [0, 0.1) is 5.92 Å². The molecule has 2 atom stereocenters. The molecule has 1 aliphatic rings. The van der Waals surface area contributed by atoms with Gasteiger partial charge in [-0.1, -0.05) is 13.8 Å². The summed E-state index contributed by atoms with van der Waals surface area (Å²) in [7, 11) is 0. The fraction of sp³-hybridized carbons (Fsp3) is 1.00. The molecule has 0 aromatic rings. The number of thioether (sulfide) groups is 1. The lowest BCUT2D eigenvalue weighted by atomic mass is 9.92. The van der Waals surface area contributed by atoms with Crippen molar-refractivity contribution in [1.29, 1.82) is 0 Å². The lowest BCUT2D eigenvalue weighted by molar-refractivity contribution is 0.0145. The minimum atomic E-state index is -0.566. The Hall–Kier alpha value is 0.270. The van der Waals surface area contributed by atoms with Crippen molar-refractivity contribution in [3.8, 4) is 0 Å². The van der Waals surface area contributed by atoms with Crippen molar-refractivity contribution < 1.29 is 5.11 Å². The van der Waals surface area contributed by atoms with Gasteiger partial charge in [0, 0.05) is 18.3 Å². The highest BCUT2D eigenvalue weighted by Gasteiger charge is 2.25. The van der Waals surface area contributed by atoms with Crippen molar-refractivity contribution in [1.82, 2.24) is 5.32 Å². The summed E-state index contributed by atoms with van der Waals surface area (Å²) < 4.78 is 0. The highest BCUT2D eigenvalue weighted by atomic mass is 32.2. The Labute approximate surface area is 91.9 Å². The van der Waals surface area contributed by atoms with E-state index in [1.165, 1.54) is 18.6 Å². The molecule has 3 heteroatoms. The Morgan fingerprint density at radius 2 is 2.29 bits per heavy atom. The summed E-state index contributed by atoms with van der Waals surface area (Å²) in [4.78, 5) is 0. The standard InChI is InChI=1S/C11H23NOS/c1-9(2)11(3,13)8-12-7-10-5-4-6-14-10/h9-10,12-13H,4-8H2,1-3H3. The fourth-order valence-electron chi connectivity index (χ4n) is 1.50. The second kappa shape index (κ2) is 5.38. The number of aliphatic hydroxyl groups is 1. The molecule has 2 nitrogen and oxygen atoms in total. The van der Waals surface area contributed by atoms with Crippen LogP contribution in [0.5, 0.6) is 0 Å². The second-order valence-corrected chi connectivity index (χ2v) is 6.19. The van der Waals surface area contributed by atoms with Crippen LogP contribution >= 0.6 is 11.8 Å². The average molecular weight is 217 g/mol. The summed E-state index contributed by atoms with van der Waals surface area (Å²) in [5.41, 5.74) is -0.566. The summed E-state index contributed by atoms with van der Waals surface area (Å²) in [6.45, 7) is 7.79. The molecule has 1 heterocycles. The summed E-state index contributed by atoms with van der Waals surface area (Å²) in [6.07, 6.45) is 2.69. The van der Waals surface area contributed by atoms with E-state index in [1.54, 1.807) is 0 Å². The van der Waals surface area contributed by atoms with Crippen molar-refractivity contribution in [2.45, 2.75) is 44.5 Å². The molecule has 14 heavy (non-hydrogen) atoms. The lowest BCUT2D eigenvalue weighted by Gasteiger charge is -2.28. The van der Waals surface area contributed by atoms with Gasteiger partial charge in [0.25, 0.3) is 0 Å². The van der Waals surface area contributed by atoms with Crippen LogP contribution in [0.1, 0.15) is 33.6 Å². The molecular formula is C11H23NOS. The Morgan fingerprint density at radius 1 is 1.57 bits per heavy atom. The molecule has 0 aliphatic carbocycles. The maximum Gasteiger partial charge on any atom is 0.0766 e. The first kappa shape index (κ1) is 12.3. The van der Waals surface area contributed by atoms with Crippen molar-refractivity contribution >= 4 is 11.8 Å². The summed E-state index contributed by atoms with van der Waals surface area (Å²) in [5, 5.41) is 14.2. The molecule has 84 valence electrons. The quantitative estimate of drug-likeness (QED) is 0.737. The van der Waals surface area contributed by atoms with Crippen LogP contribution in [0.4, 0.5) is 0 Å². The molecule has 0 saturated carbocycles. The van der Waals surface area contributed by atoms with Crippen LogP contribution in [-0.2, 0) is 0 Å². The van der Waals surface area contributed by atoms with Gasteiger partial charge in [-0.05, 0) is 31.4 Å². The van der Waals surface area contributed by atoms with Crippen LogP contribution in [0.3, 0.4) is 0 Å². The molecule has 2 N–H and O–H groups in total. The van der Waals surface area contributed by atoms with Crippen LogP contribution in [0.25, 0.3) is 0 Å². The molecule has 2 unspecified atom stereocenters. The van der Waals surface area contributed by atoms with Crippen molar-refractivity contribution in [3.05, 3.63) is 0 Å². The largest absolute Gasteiger partial charge is 0.389 e. The van der Waals surface area contributed by atoms with E-state index in [-0.39, 0.29) is 0 Å². The minimum absolute atomic E-state index is 0.311. The first-order chi connectivity index (χ1) is 6.52. The first-order valence-corrected chi connectivity index (χ1v) is 6.62. The summed E-state index contributed by atoms with van der Waals surface area (Å²) >= 11 is 2.06. The molecule has 0 bridgehead atoms. The molecule has 1 rings (SSSR count). The van der Waals surface area contributed by atoms with E-state index in [2.05, 4.69) is 30.9 Å². The van der Waals surface area contributed by atoms with E-state index in [0.717, 1.165) is 11.8 Å².